The van der Waals surface area contributed by atoms with Crippen molar-refractivity contribution in [3.8, 4) is 0 Å². The van der Waals surface area contributed by atoms with Gasteiger partial charge in [-0.25, -0.2) is 0 Å². The number of rotatable bonds is 6. The molecule has 0 bridgehead atoms. The summed E-state index contributed by atoms with van der Waals surface area (Å²) in [7, 11) is 0. The Hall–Kier alpha value is -1.86. The second kappa shape index (κ2) is 6.53. The zero-order valence-corrected chi connectivity index (χ0v) is 12.3. The van der Waals surface area contributed by atoms with E-state index in [4.69, 9.17) is 4.74 Å². The van der Waals surface area contributed by atoms with Crippen molar-refractivity contribution in [2.24, 2.45) is 0 Å². The molecule has 1 nitrogen and oxygen atoms in total. The van der Waals surface area contributed by atoms with Crippen LogP contribution in [-0.2, 0) is 11.2 Å². The maximum absolute atomic E-state index is 6.26. The topological polar surface area (TPSA) is 9.23 Å². The van der Waals surface area contributed by atoms with Crippen LogP contribution < -0.4 is 0 Å². The lowest BCUT2D eigenvalue weighted by Crippen LogP contribution is -2.30. The highest BCUT2D eigenvalue weighted by atomic mass is 16.5. The van der Waals surface area contributed by atoms with Crippen LogP contribution in [0.25, 0.3) is 0 Å². The number of hydrogen-bond donors (Lipinski definition) is 0. The summed E-state index contributed by atoms with van der Waals surface area (Å²) < 4.78 is 6.26. The van der Waals surface area contributed by atoms with Crippen molar-refractivity contribution in [1.82, 2.24) is 0 Å². The third kappa shape index (κ3) is 3.82. The van der Waals surface area contributed by atoms with Crippen molar-refractivity contribution in [3.63, 3.8) is 0 Å². The van der Waals surface area contributed by atoms with Gasteiger partial charge in [0.2, 0.25) is 0 Å². The first-order chi connectivity index (χ1) is 9.63. The second-order valence-corrected chi connectivity index (χ2v) is 5.35. The minimum absolute atomic E-state index is 0.0444. The van der Waals surface area contributed by atoms with Crippen LogP contribution in [0.1, 0.15) is 31.1 Å². The molecule has 0 radical (unpaired) electrons. The monoisotopic (exact) mass is 266 g/mol. The Labute approximate surface area is 121 Å². The van der Waals surface area contributed by atoms with Gasteiger partial charge in [-0.05, 0) is 25.0 Å². The van der Waals surface area contributed by atoms with Crippen LogP contribution in [0.5, 0.6) is 0 Å². The molecule has 0 saturated carbocycles. The van der Waals surface area contributed by atoms with Crippen molar-refractivity contribution < 1.29 is 4.74 Å². The highest BCUT2D eigenvalue weighted by Gasteiger charge is 2.24. The van der Waals surface area contributed by atoms with E-state index in [1.807, 2.05) is 30.3 Å². The maximum atomic E-state index is 6.26. The van der Waals surface area contributed by atoms with E-state index >= 15 is 0 Å². The Morgan fingerprint density at radius 3 is 2.15 bits per heavy atom. The SMILES string of the molecule is C=CC(C)(Cc1ccccc1)O[C@H](C)c1ccccc1. The van der Waals surface area contributed by atoms with E-state index in [0.29, 0.717) is 0 Å². The van der Waals surface area contributed by atoms with Crippen molar-refractivity contribution in [2.45, 2.75) is 32.0 Å². The molecule has 1 unspecified atom stereocenters. The average molecular weight is 266 g/mol. The van der Waals surface area contributed by atoms with Crippen molar-refractivity contribution >= 4 is 0 Å². The standard InChI is InChI=1S/C19H22O/c1-4-19(3,15-17-11-7-5-8-12-17)20-16(2)18-13-9-6-10-14-18/h4-14,16H,1,15H2,2-3H3/t16-,19?/m1/s1. The fraction of sp³-hybridized carbons (Fsp3) is 0.263. The molecule has 2 rings (SSSR count). The van der Waals surface area contributed by atoms with Crippen LogP contribution in [-0.4, -0.2) is 5.60 Å². The Bertz CT molecular complexity index is 532. The summed E-state index contributed by atoms with van der Waals surface area (Å²) in [5.74, 6) is 0. The zero-order valence-electron chi connectivity index (χ0n) is 12.3. The number of benzene rings is 2. The summed E-state index contributed by atoms with van der Waals surface area (Å²) >= 11 is 0. The van der Waals surface area contributed by atoms with Crippen LogP contribution in [0.3, 0.4) is 0 Å². The molecule has 104 valence electrons. The van der Waals surface area contributed by atoms with Crippen LogP contribution in [0.4, 0.5) is 0 Å². The minimum atomic E-state index is -0.364. The van der Waals surface area contributed by atoms with E-state index in [-0.39, 0.29) is 11.7 Å². The maximum Gasteiger partial charge on any atom is 0.0880 e. The van der Waals surface area contributed by atoms with Gasteiger partial charge in [0.25, 0.3) is 0 Å². The fourth-order valence-electron chi connectivity index (χ4n) is 2.36. The normalized spacial score (nSPS) is 15.3. The molecule has 0 N–H and O–H groups in total. The molecule has 2 aromatic rings. The van der Waals surface area contributed by atoms with Gasteiger partial charge in [0.1, 0.15) is 0 Å². The Kier molecular flexibility index (Phi) is 4.75. The summed E-state index contributed by atoms with van der Waals surface area (Å²) in [6, 6.07) is 20.7. The van der Waals surface area contributed by atoms with Crippen LogP contribution in [0.2, 0.25) is 0 Å². The molecule has 0 aliphatic rings. The lowest BCUT2D eigenvalue weighted by molar-refractivity contribution is -0.0449. The molecular weight excluding hydrogens is 244 g/mol. The molecule has 0 aliphatic heterocycles. The zero-order chi connectivity index (χ0) is 14.4. The molecule has 0 fully saturated rings. The van der Waals surface area contributed by atoms with E-state index in [1.54, 1.807) is 0 Å². The number of ether oxygens (including phenoxy) is 1. The van der Waals surface area contributed by atoms with E-state index in [9.17, 15) is 0 Å². The Morgan fingerprint density at radius 1 is 1.05 bits per heavy atom. The smallest absolute Gasteiger partial charge is 0.0880 e. The summed E-state index contributed by atoms with van der Waals surface area (Å²) in [5.41, 5.74) is 2.08. The van der Waals surface area contributed by atoms with Crippen LogP contribution in [0.15, 0.2) is 73.3 Å². The van der Waals surface area contributed by atoms with E-state index in [1.165, 1.54) is 11.1 Å². The highest BCUT2D eigenvalue weighted by molar-refractivity contribution is 5.20. The Morgan fingerprint density at radius 2 is 1.60 bits per heavy atom. The van der Waals surface area contributed by atoms with Gasteiger partial charge in [0.15, 0.2) is 0 Å². The lowest BCUT2D eigenvalue weighted by Gasteiger charge is -2.30. The predicted octanol–water partition coefficient (Wildman–Crippen LogP) is 4.95. The lowest BCUT2D eigenvalue weighted by atomic mass is 9.95. The Balaban J connectivity index is 2.09. The van der Waals surface area contributed by atoms with E-state index in [0.717, 1.165) is 6.42 Å². The van der Waals surface area contributed by atoms with E-state index in [2.05, 4.69) is 56.8 Å². The van der Waals surface area contributed by atoms with Gasteiger partial charge in [-0.15, -0.1) is 6.58 Å². The molecule has 0 aliphatic carbocycles. The van der Waals surface area contributed by atoms with E-state index < -0.39 is 0 Å². The predicted molar refractivity (Wildman–Crippen MR) is 84.7 cm³/mol. The first-order valence-electron chi connectivity index (χ1n) is 7.03. The largest absolute Gasteiger partial charge is 0.363 e. The first kappa shape index (κ1) is 14.5. The average Bonchev–Trinajstić information content (AvgIpc) is 2.49. The number of hydrogen-bond acceptors (Lipinski definition) is 1. The van der Waals surface area contributed by atoms with Crippen molar-refractivity contribution in [2.75, 3.05) is 0 Å². The van der Waals surface area contributed by atoms with Crippen molar-refractivity contribution in [1.29, 1.82) is 0 Å². The van der Waals surface area contributed by atoms with Gasteiger partial charge >= 0.3 is 0 Å². The van der Waals surface area contributed by atoms with Gasteiger partial charge in [-0.2, -0.15) is 0 Å². The summed E-state index contributed by atoms with van der Waals surface area (Å²) in [6.07, 6.45) is 2.77. The van der Waals surface area contributed by atoms with Crippen molar-refractivity contribution in [3.05, 3.63) is 84.4 Å². The molecular formula is C19H22O. The van der Waals surface area contributed by atoms with Gasteiger partial charge in [-0.3, -0.25) is 0 Å². The summed E-state index contributed by atoms with van der Waals surface area (Å²) in [5, 5.41) is 0. The summed E-state index contributed by atoms with van der Waals surface area (Å²) in [4.78, 5) is 0. The van der Waals surface area contributed by atoms with Crippen LogP contribution >= 0.6 is 0 Å². The molecule has 0 saturated heterocycles. The summed E-state index contributed by atoms with van der Waals surface area (Å²) in [6.45, 7) is 8.13. The third-order valence-electron chi connectivity index (χ3n) is 3.54. The molecule has 0 aromatic heterocycles. The van der Waals surface area contributed by atoms with Gasteiger partial charge < -0.3 is 4.74 Å². The van der Waals surface area contributed by atoms with Gasteiger partial charge in [0.05, 0.1) is 11.7 Å². The van der Waals surface area contributed by atoms with Crippen LogP contribution in [0, 0.1) is 0 Å². The molecule has 0 spiro atoms. The highest BCUT2D eigenvalue weighted by Crippen LogP contribution is 2.27. The van der Waals surface area contributed by atoms with Gasteiger partial charge in [-0.1, -0.05) is 66.7 Å². The molecule has 2 atom stereocenters. The minimum Gasteiger partial charge on any atom is -0.363 e. The third-order valence-corrected chi connectivity index (χ3v) is 3.54. The molecule has 1 heteroatoms. The second-order valence-electron chi connectivity index (χ2n) is 5.35. The fourth-order valence-corrected chi connectivity index (χ4v) is 2.36. The van der Waals surface area contributed by atoms with Gasteiger partial charge in [0, 0.05) is 6.42 Å². The molecule has 0 amide bonds. The molecule has 2 aromatic carbocycles. The quantitative estimate of drug-likeness (QED) is 0.672. The first-order valence-corrected chi connectivity index (χ1v) is 7.03. The molecule has 0 heterocycles. The molecule has 20 heavy (non-hydrogen) atoms.